The number of hydrogen-bond donors (Lipinski definition) is 2. The maximum Gasteiger partial charge on any atom is 0.141 e. The summed E-state index contributed by atoms with van der Waals surface area (Å²) in [5, 5.41) is 6.61. The van der Waals surface area contributed by atoms with Crippen LogP contribution >= 0.6 is 0 Å². The van der Waals surface area contributed by atoms with Crippen molar-refractivity contribution in [3.63, 3.8) is 0 Å². The highest BCUT2D eigenvalue weighted by molar-refractivity contribution is 5.56. The highest BCUT2D eigenvalue weighted by Gasteiger charge is 2.14. The fourth-order valence-corrected chi connectivity index (χ4v) is 1.20. The smallest absolute Gasteiger partial charge is 0.141 e. The topological polar surface area (TPSA) is 33.3 Å². The maximum atomic E-state index is 5.26. The molecule has 3 heteroatoms. The van der Waals surface area contributed by atoms with E-state index in [0.29, 0.717) is 0 Å². The molecule has 0 bridgehead atoms. The third kappa shape index (κ3) is 3.44. The summed E-state index contributed by atoms with van der Waals surface area (Å²) in [7, 11) is 3.65. The predicted molar refractivity (Wildman–Crippen MR) is 64.6 cm³/mol. The molecular weight excluding hydrogens is 188 g/mol. The number of rotatable bonds is 5. The van der Waals surface area contributed by atoms with E-state index in [0.717, 1.165) is 18.0 Å². The first-order valence-corrected chi connectivity index (χ1v) is 5.15. The Morgan fingerprint density at radius 1 is 1.27 bits per heavy atom. The van der Waals surface area contributed by atoms with Crippen molar-refractivity contribution in [1.29, 1.82) is 0 Å². The van der Waals surface area contributed by atoms with Crippen molar-refractivity contribution in [2.75, 3.05) is 26.0 Å². The van der Waals surface area contributed by atoms with E-state index in [1.54, 1.807) is 7.11 Å². The average molecular weight is 208 g/mol. The van der Waals surface area contributed by atoms with E-state index in [2.05, 4.69) is 24.5 Å². The van der Waals surface area contributed by atoms with Crippen LogP contribution in [0.25, 0.3) is 0 Å². The van der Waals surface area contributed by atoms with Crippen molar-refractivity contribution in [3.05, 3.63) is 24.3 Å². The Balaban J connectivity index is 2.65. The van der Waals surface area contributed by atoms with Crippen LogP contribution in [0.4, 0.5) is 5.69 Å². The van der Waals surface area contributed by atoms with Gasteiger partial charge in [0.1, 0.15) is 5.75 Å². The molecule has 2 N–H and O–H groups in total. The zero-order chi connectivity index (χ0) is 11.3. The van der Waals surface area contributed by atoms with Crippen LogP contribution in [0.3, 0.4) is 0 Å². The Morgan fingerprint density at radius 2 is 1.93 bits per heavy atom. The normalized spacial score (nSPS) is 11.2. The average Bonchev–Trinajstić information content (AvgIpc) is 2.27. The third-order valence-corrected chi connectivity index (χ3v) is 2.50. The Bertz CT molecular complexity index is 310. The molecule has 0 saturated carbocycles. The lowest BCUT2D eigenvalue weighted by atomic mass is 10.1. The number of methoxy groups -OCH3 is 1. The molecule has 0 aliphatic rings. The summed E-state index contributed by atoms with van der Waals surface area (Å²) in [5.41, 5.74) is 1.10. The molecule has 0 aromatic heterocycles. The van der Waals surface area contributed by atoms with E-state index in [4.69, 9.17) is 4.74 Å². The minimum absolute atomic E-state index is 0.0703. The molecule has 0 radical (unpaired) electrons. The number of anilines is 1. The van der Waals surface area contributed by atoms with Crippen molar-refractivity contribution in [3.8, 4) is 5.75 Å². The molecule has 0 spiro atoms. The number of hydrogen-bond acceptors (Lipinski definition) is 3. The van der Waals surface area contributed by atoms with Crippen molar-refractivity contribution in [2.45, 2.75) is 19.4 Å². The Hall–Kier alpha value is -1.22. The van der Waals surface area contributed by atoms with Gasteiger partial charge in [0.25, 0.3) is 0 Å². The van der Waals surface area contributed by atoms with Gasteiger partial charge in [0, 0.05) is 12.1 Å². The second-order valence-electron chi connectivity index (χ2n) is 4.19. The number of ether oxygens (including phenoxy) is 1. The molecule has 0 amide bonds. The minimum Gasteiger partial charge on any atom is -0.495 e. The van der Waals surface area contributed by atoms with Crippen molar-refractivity contribution in [2.24, 2.45) is 0 Å². The summed E-state index contributed by atoms with van der Waals surface area (Å²) in [6, 6.07) is 7.93. The molecule has 0 fully saturated rings. The fraction of sp³-hybridized carbons (Fsp3) is 0.500. The van der Waals surface area contributed by atoms with Crippen LogP contribution in [0.1, 0.15) is 13.8 Å². The van der Waals surface area contributed by atoms with Crippen molar-refractivity contribution in [1.82, 2.24) is 5.32 Å². The molecule has 0 aliphatic carbocycles. The van der Waals surface area contributed by atoms with Gasteiger partial charge in [0.2, 0.25) is 0 Å². The Kier molecular flexibility index (Phi) is 3.97. The van der Waals surface area contributed by atoms with Gasteiger partial charge in [0.05, 0.1) is 12.8 Å². The van der Waals surface area contributed by atoms with Crippen LogP contribution < -0.4 is 15.4 Å². The highest BCUT2D eigenvalue weighted by atomic mass is 16.5. The van der Waals surface area contributed by atoms with E-state index in [1.807, 2.05) is 31.3 Å². The zero-order valence-electron chi connectivity index (χ0n) is 9.92. The molecule has 3 nitrogen and oxygen atoms in total. The highest BCUT2D eigenvalue weighted by Crippen LogP contribution is 2.23. The first-order valence-electron chi connectivity index (χ1n) is 5.15. The van der Waals surface area contributed by atoms with Crippen LogP contribution in [-0.4, -0.2) is 26.2 Å². The van der Waals surface area contributed by atoms with Gasteiger partial charge < -0.3 is 15.4 Å². The van der Waals surface area contributed by atoms with Gasteiger partial charge in [-0.1, -0.05) is 12.1 Å². The second-order valence-corrected chi connectivity index (χ2v) is 4.19. The van der Waals surface area contributed by atoms with Crippen LogP contribution in [-0.2, 0) is 0 Å². The molecule has 1 rings (SSSR count). The van der Waals surface area contributed by atoms with Gasteiger partial charge >= 0.3 is 0 Å². The van der Waals surface area contributed by atoms with E-state index >= 15 is 0 Å². The lowest BCUT2D eigenvalue weighted by molar-refractivity contribution is 0.413. The van der Waals surface area contributed by atoms with E-state index in [9.17, 15) is 0 Å². The summed E-state index contributed by atoms with van der Waals surface area (Å²) >= 11 is 0. The van der Waals surface area contributed by atoms with E-state index in [-0.39, 0.29) is 5.54 Å². The molecule has 84 valence electrons. The molecule has 1 aromatic rings. The second kappa shape index (κ2) is 5.03. The molecule has 0 unspecified atom stereocenters. The Labute approximate surface area is 91.8 Å². The molecular formula is C12H20N2O. The van der Waals surface area contributed by atoms with Gasteiger partial charge in [-0.25, -0.2) is 0 Å². The van der Waals surface area contributed by atoms with Crippen LogP contribution in [0.5, 0.6) is 5.75 Å². The van der Waals surface area contributed by atoms with Gasteiger partial charge in [-0.3, -0.25) is 0 Å². The summed E-state index contributed by atoms with van der Waals surface area (Å²) in [6.45, 7) is 5.15. The zero-order valence-corrected chi connectivity index (χ0v) is 9.92. The van der Waals surface area contributed by atoms with Crippen LogP contribution in [0, 0.1) is 0 Å². The SMILES string of the molecule is CNC(C)(C)CNc1ccccc1OC. The van der Waals surface area contributed by atoms with Crippen LogP contribution in [0.2, 0.25) is 0 Å². The first-order chi connectivity index (χ1) is 7.09. The minimum atomic E-state index is 0.0703. The van der Waals surface area contributed by atoms with Crippen LogP contribution in [0.15, 0.2) is 24.3 Å². The first kappa shape index (κ1) is 11.9. The van der Waals surface area contributed by atoms with Crippen molar-refractivity contribution < 1.29 is 4.74 Å². The van der Waals surface area contributed by atoms with Crippen molar-refractivity contribution >= 4 is 5.69 Å². The number of para-hydroxylation sites is 2. The molecule has 0 atom stereocenters. The summed E-state index contributed by atoms with van der Waals surface area (Å²) in [5.74, 6) is 0.879. The largest absolute Gasteiger partial charge is 0.495 e. The van der Waals surface area contributed by atoms with Gasteiger partial charge in [0.15, 0.2) is 0 Å². The maximum absolute atomic E-state index is 5.26. The van der Waals surface area contributed by atoms with Gasteiger partial charge in [-0.15, -0.1) is 0 Å². The lowest BCUT2D eigenvalue weighted by Crippen LogP contribution is -2.42. The van der Waals surface area contributed by atoms with E-state index in [1.165, 1.54) is 0 Å². The van der Waals surface area contributed by atoms with Gasteiger partial charge in [-0.2, -0.15) is 0 Å². The molecule has 0 heterocycles. The quantitative estimate of drug-likeness (QED) is 0.777. The summed E-state index contributed by atoms with van der Waals surface area (Å²) in [4.78, 5) is 0. The summed E-state index contributed by atoms with van der Waals surface area (Å²) in [6.07, 6.45) is 0. The summed E-state index contributed by atoms with van der Waals surface area (Å²) < 4.78 is 5.26. The predicted octanol–water partition coefficient (Wildman–Crippen LogP) is 2.11. The standard InChI is InChI=1S/C12H20N2O/c1-12(2,13-3)9-14-10-7-5-6-8-11(10)15-4/h5-8,13-14H,9H2,1-4H3. The number of benzene rings is 1. The van der Waals surface area contributed by atoms with E-state index < -0.39 is 0 Å². The molecule has 0 saturated heterocycles. The monoisotopic (exact) mass is 208 g/mol. The third-order valence-electron chi connectivity index (χ3n) is 2.50. The molecule has 1 aromatic carbocycles. The van der Waals surface area contributed by atoms with Gasteiger partial charge in [-0.05, 0) is 33.0 Å². The Morgan fingerprint density at radius 3 is 2.53 bits per heavy atom. The number of likely N-dealkylation sites (N-methyl/N-ethyl adjacent to an activating group) is 1. The molecule has 15 heavy (non-hydrogen) atoms. The molecule has 0 aliphatic heterocycles. The fourth-order valence-electron chi connectivity index (χ4n) is 1.20. The lowest BCUT2D eigenvalue weighted by Gasteiger charge is -2.25. The number of nitrogens with one attached hydrogen (secondary N) is 2.